The Hall–Kier alpha value is -2.42. The molecule has 1 amide bonds. The van der Waals surface area contributed by atoms with Gasteiger partial charge < -0.3 is 5.32 Å². The molecule has 0 saturated carbocycles. The summed E-state index contributed by atoms with van der Waals surface area (Å²) in [4.78, 5) is 23.9. The van der Waals surface area contributed by atoms with Crippen LogP contribution in [0.1, 0.15) is 34.3 Å². The maximum absolute atomic E-state index is 12.0. The van der Waals surface area contributed by atoms with Crippen molar-refractivity contribution in [2.45, 2.75) is 26.7 Å². The summed E-state index contributed by atoms with van der Waals surface area (Å²) >= 11 is 0. The average molecular weight is 281 g/mol. The first-order valence-electron chi connectivity index (χ1n) is 7.01. The molecule has 2 aromatic rings. The number of hydrogen-bond acceptors (Lipinski definition) is 2. The van der Waals surface area contributed by atoms with Gasteiger partial charge in [-0.05, 0) is 37.6 Å². The third-order valence-electron chi connectivity index (χ3n) is 3.22. The summed E-state index contributed by atoms with van der Waals surface area (Å²) in [6.45, 7) is 3.91. The van der Waals surface area contributed by atoms with Crippen molar-refractivity contribution in [3.05, 3.63) is 65.2 Å². The van der Waals surface area contributed by atoms with Crippen LogP contribution in [0, 0.1) is 13.8 Å². The molecule has 0 spiro atoms. The monoisotopic (exact) mass is 281 g/mol. The molecule has 0 atom stereocenters. The SMILES string of the molecule is Cc1cccc(NC(=O)CCC(=O)c2cccc(C)c2)c1. The molecule has 21 heavy (non-hydrogen) atoms. The first-order valence-corrected chi connectivity index (χ1v) is 7.01. The zero-order chi connectivity index (χ0) is 15.2. The largest absolute Gasteiger partial charge is 0.326 e. The van der Waals surface area contributed by atoms with E-state index in [-0.39, 0.29) is 24.5 Å². The minimum Gasteiger partial charge on any atom is -0.326 e. The van der Waals surface area contributed by atoms with Gasteiger partial charge in [-0.25, -0.2) is 0 Å². The third-order valence-corrected chi connectivity index (χ3v) is 3.22. The van der Waals surface area contributed by atoms with Crippen LogP contribution in [0.2, 0.25) is 0 Å². The van der Waals surface area contributed by atoms with E-state index in [1.165, 1.54) is 0 Å². The summed E-state index contributed by atoms with van der Waals surface area (Å²) in [5, 5.41) is 2.81. The van der Waals surface area contributed by atoms with E-state index in [1.54, 1.807) is 6.07 Å². The van der Waals surface area contributed by atoms with Gasteiger partial charge in [-0.15, -0.1) is 0 Å². The van der Waals surface area contributed by atoms with Crippen molar-refractivity contribution in [3.8, 4) is 0 Å². The van der Waals surface area contributed by atoms with Crippen molar-refractivity contribution < 1.29 is 9.59 Å². The van der Waals surface area contributed by atoms with E-state index in [0.717, 1.165) is 16.8 Å². The molecule has 0 aliphatic carbocycles. The van der Waals surface area contributed by atoms with Crippen LogP contribution in [-0.4, -0.2) is 11.7 Å². The van der Waals surface area contributed by atoms with Gasteiger partial charge in [0.1, 0.15) is 0 Å². The molecule has 108 valence electrons. The highest BCUT2D eigenvalue weighted by Gasteiger charge is 2.09. The normalized spacial score (nSPS) is 10.2. The number of amides is 1. The Morgan fingerprint density at radius 3 is 2.24 bits per heavy atom. The molecule has 0 fully saturated rings. The number of ketones is 1. The fourth-order valence-electron chi connectivity index (χ4n) is 2.14. The van der Waals surface area contributed by atoms with Crippen molar-refractivity contribution in [1.82, 2.24) is 0 Å². The molecule has 2 rings (SSSR count). The molecule has 0 aromatic heterocycles. The summed E-state index contributed by atoms with van der Waals surface area (Å²) < 4.78 is 0. The molecule has 0 unspecified atom stereocenters. The van der Waals surface area contributed by atoms with Crippen molar-refractivity contribution >= 4 is 17.4 Å². The molecule has 3 nitrogen and oxygen atoms in total. The number of carbonyl (C=O) groups is 2. The van der Waals surface area contributed by atoms with Crippen LogP contribution in [0.5, 0.6) is 0 Å². The van der Waals surface area contributed by atoms with Gasteiger partial charge in [-0.3, -0.25) is 9.59 Å². The van der Waals surface area contributed by atoms with Crippen LogP contribution in [-0.2, 0) is 4.79 Å². The minimum atomic E-state index is -0.137. The number of anilines is 1. The Morgan fingerprint density at radius 1 is 0.905 bits per heavy atom. The molecular formula is C18H19NO2. The van der Waals surface area contributed by atoms with Gasteiger partial charge in [0.2, 0.25) is 5.91 Å². The predicted molar refractivity (Wildman–Crippen MR) is 84.6 cm³/mol. The van der Waals surface area contributed by atoms with Gasteiger partial charge in [0.25, 0.3) is 0 Å². The number of carbonyl (C=O) groups excluding carboxylic acids is 2. The van der Waals surface area contributed by atoms with Gasteiger partial charge in [-0.1, -0.05) is 35.9 Å². The number of benzene rings is 2. The molecule has 0 heterocycles. The van der Waals surface area contributed by atoms with Gasteiger partial charge in [0.15, 0.2) is 5.78 Å². The number of Topliss-reactive ketones (excluding diaryl/α,β-unsaturated/α-hetero) is 1. The molecule has 0 aliphatic heterocycles. The minimum absolute atomic E-state index is 0.00177. The van der Waals surface area contributed by atoms with Crippen molar-refractivity contribution in [1.29, 1.82) is 0 Å². The van der Waals surface area contributed by atoms with E-state index < -0.39 is 0 Å². The lowest BCUT2D eigenvalue weighted by molar-refractivity contribution is -0.116. The standard InChI is InChI=1S/C18H19NO2/c1-13-5-3-7-15(11-13)17(20)9-10-18(21)19-16-8-4-6-14(2)12-16/h3-8,11-12H,9-10H2,1-2H3,(H,19,21). The highest BCUT2D eigenvalue weighted by molar-refractivity contribution is 6.00. The summed E-state index contributed by atoms with van der Waals surface area (Å²) in [5.74, 6) is -0.139. The highest BCUT2D eigenvalue weighted by atomic mass is 16.2. The van der Waals surface area contributed by atoms with Crippen LogP contribution in [0.15, 0.2) is 48.5 Å². The predicted octanol–water partition coefficient (Wildman–Crippen LogP) is 3.91. The molecule has 3 heteroatoms. The third kappa shape index (κ3) is 4.56. The molecule has 1 N–H and O–H groups in total. The van der Waals surface area contributed by atoms with Crippen molar-refractivity contribution in [2.24, 2.45) is 0 Å². The van der Waals surface area contributed by atoms with Crippen molar-refractivity contribution in [2.75, 3.05) is 5.32 Å². The molecule has 2 aromatic carbocycles. The summed E-state index contributed by atoms with van der Waals surface area (Å²) in [5.41, 5.74) is 3.56. The number of nitrogens with one attached hydrogen (secondary N) is 1. The molecule has 0 bridgehead atoms. The van der Waals surface area contributed by atoms with E-state index in [9.17, 15) is 9.59 Å². The molecule has 0 radical (unpaired) electrons. The average Bonchev–Trinajstić information content (AvgIpc) is 2.45. The Kier molecular flexibility index (Phi) is 4.88. The van der Waals surface area contributed by atoms with Gasteiger partial charge in [-0.2, -0.15) is 0 Å². The lowest BCUT2D eigenvalue weighted by Gasteiger charge is -2.06. The number of aryl methyl sites for hydroxylation is 2. The second-order valence-corrected chi connectivity index (χ2v) is 5.21. The van der Waals surface area contributed by atoms with Gasteiger partial charge in [0, 0.05) is 24.1 Å². The molecular weight excluding hydrogens is 262 g/mol. The van der Waals surface area contributed by atoms with E-state index in [1.807, 2.05) is 56.3 Å². The molecule has 0 aliphatic rings. The smallest absolute Gasteiger partial charge is 0.224 e. The Bertz CT molecular complexity index is 662. The lowest BCUT2D eigenvalue weighted by atomic mass is 10.0. The van der Waals surface area contributed by atoms with Gasteiger partial charge in [0.05, 0.1) is 0 Å². The van der Waals surface area contributed by atoms with Crippen LogP contribution < -0.4 is 5.32 Å². The summed E-state index contributed by atoms with van der Waals surface area (Å²) in [6, 6.07) is 15.0. The zero-order valence-corrected chi connectivity index (χ0v) is 12.3. The Morgan fingerprint density at radius 2 is 1.57 bits per heavy atom. The first-order chi connectivity index (χ1) is 10.0. The van der Waals surface area contributed by atoms with E-state index >= 15 is 0 Å². The Balaban J connectivity index is 1.88. The van der Waals surface area contributed by atoms with Crippen LogP contribution in [0.25, 0.3) is 0 Å². The number of rotatable bonds is 5. The highest BCUT2D eigenvalue weighted by Crippen LogP contribution is 2.12. The summed E-state index contributed by atoms with van der Waals surface area (Å²) in [6.07, 6.45) is 0.418. The van der Waals surface area contributed by atoms with E-state index in [0.29, 0.717) is 5.56 Å². The number of hydrogen-bond donors (Lipinski definition) is 1. The fourth-order valence-corrected chi connectivity index (χ4v) is 2.14. The first kappa shape index (κ1) is 15.0. The summed E-state index contributed by atoms with van der Waals surface area (Å²) in [7, 11) is 0. The molecule has 0 saturated heterocycles. The fraction of sp³-hybridized carbons (Fsp3) is 0.222. The lowest BCUT2D eigenvalue weighted by Crippen LogP contribution is -2.13. The quantitative estimate of drug-likeness (QED) is 0.845. The van der Waals surface area contributed by atoms with Crippen LogP contribution >= 0.6 is 0 Å². The maximum atomic E-state index is 12.0. The van der Waals surface area contributed by atoms with E-state index in [2.05, 4.69) is 5.32 Å². The Labute approximate surface area is 125 Å². The van der Waals surface area contributed by atoms with Gasteiger partial charge >= 0.3 is 0 Å². The second kappa shape index (κ2) is 6.84. The maximum Gasteiger partial charge on any atom is 0.224 e. The van der Waals surface area contributed by atoms with Crippen LogP contribution in [0.3, 0.4) is 0 Å². The van der Waals surface area contributed by atoms with Crippen LogP contribution in [0.4, 0.5) is 5.69 Å². The topological polar surface area (TPSA) is 46.2 Å². The second-order valence-electron chi connectivity index (χ2n) is 5.21. The van der Waals surface area contributed by atoms with Crippen molar-refractivity contribution in [3.63, 3.8) is 0 Å². The van der Waals surface area contributed by atoms with E-state index in [4.69, 9.17) is 0 Å². The zero-order valence-electron chi connectivity index (χ0n) is 12.3.